The van der Waals surface area contributed by atoms with Gasteiger partial charge in [-0.3, -0.25) is 0 Å². The second kappa shape index (κ2) is 7.41. The monoisotopic (exact) mass is 230 g/mol. The summed E-state index contributed by atoms with van der Waals surface area (Å²) in [7, 11) is 0. The summed E-state index contributed by atoms with van der Waals surface area (Å²) in [5.41, 5.74) is 0.162. The van der Waals surface area contributed by atoms with Crippen molar-refractivity contribution >= 4 is 5.97 Å². The highest BCUT2D eigenvalue weighted by Crippen LogP contribution is 2.17. The van der Waals surface area contributed by atoms with Crippen LogP contribution in [0.1, 0.15) is 33.6 Å². The molecule has 0 fully saturated rings. The number of hydrogen-bond donors (Lipinski definition) is 3. The molecule has 0 aliphatic heterocycles. The van der Waals surface area contributed by atoms with Gasteiger partial charge in [-0.05, 0) is 37.7 Å². The number of hydrogen-bond acceptors (Lipinski definition) is 3. The highest BCUT2D eigenvalue weighted by atomic mass is 16.4. The van der Waals surface area contributed by atoms with Gasteiger partial charge in [0.2, 0.25) is 0 Å². The Morgan fingerprint density at radius 2 is 1.88 bits per heavy atom. The summed E-state index contributed by atoms with van der Waals surface area (Å²) in [6, 6.07) is 0. The van der Waals surface area contributed by atoms with E-state index in [0.717, 1.165) is 12.8 Å². The quantitative estimate of drug-likeness (QED) is 0.578. The van der Waals surface area contributed by atoms with Crippen molar-refractivity contribution < 1.29 is 20.1 Å². The smallest absolute Gasteiger partial charge is 0.331 e. The first-order chi connectivity index (χ1) is 7.38. The van der Waals surface area contributed by atoms with Crippen LogP contribution in [0.4, 0.5) is 0 Å². The number of aliphatic hydroxyl groups is 2. The third-order valence-electron chi connectivity index (χ3n) is 2.77. The molecule has 0 rings (SSSR count). The first-order valence-electron chi connectivity index (χ1n) is 5.59. The average molecular weight is 230 g/mol. The fraction of sp³-hybridized carbons (Fsp3) is 0.750. The molecule has 0 aliphatic rings. The van der Waals surface area contributed by atoms with Crippen molar-refractivity contribution in [3.8, 4) is 0 Å². The lowest BCUT2D eigenvalue weighted by Gasteiger charge is -2.17. The summed E-state index contributed by atoms with van der Waals surface area (Å²) in [4.78, 5) is 10.6. The summed E-state index contributed by atoms with van der Waals surface area (Å²) in [6.45, 7) is 5.43. The molecule has 3 unspecified atom stereocenters. The van der Waals surface area contributed by atoms with Crippen LogP contribution in [-0.4, -0.2) is 34.0 Å². The van der Waals surface area contributed by atoms with Gasteiger partial charge in [0, 0.05) is 12.2 Å². The van der Waals surface area contributed by atoms with Crippen molar-refractivity contribution in [2.24, 2.45) is 11.8 Å². The number of carboxylic acids is 1. The van der Waals surface area contributed by atoms with Gasteiger partial charge in [-0.25, -0.2) is 4.79 Å². The van der Waals surface area contributed by atoms with E-state index < -0.39 is 12.1 Å². The van der Waals surface area contributed by atoms with Crippen LogP contribution in [0.2, 0.25) is 0 Å². The third kappa shape index (κ3) is 5.88. The van der Waals surface area contributed by atoms with Gasteiger partial charge in [0.15, 0.2) is 0 Å². The van der Waals surface area contributed by atoms with Gasteiger partial charge in [-0.15, -0.1) is 0 Å². The van der Waals surface area contributed by atoms with E-state index in [1.54, 1.807) is 0 Å². The molecule has 0 aromatic heterocycles. The number of aliphatic hydroxyl groups excluding tert-OH is 2. The predicted octanol–water partition coefficient (Wildman–Crippen LogP) is 1.42. The van der Waals surface area contributed by atoms with E-state index in [1.807, 2.05) is 13.8 Å². The Morgan fingerprint density at radius 3 is 2.31 bits per heavy atom. The molecular formula is C12H22O4. The molecule has 0 radical (unpaired) electrons. The molecule has 3 N–H and O–H groups in total. The Hall–Kier alpha value is -0.870. The fourth-order valence-corrected chi connectivity index (χ4v) is 1.30. The van der Waals surface area contributed by atoms with Crippen LogP contribution in [0, 0.1) is 11.8 Å². The van der Waals surface area contributed by atoms with Crippen molar-refractivity contribution in [3.05, 3.63) is 11.6 Å². The van der Waals surface area contributed by atoms with Gasteiger partial charge in [0.05, 0.1) is 6.10 Å². The van der Waals surface area contributed by atoms with E-state index in [1.165, 1.54) is 13.0 Å². The molecular weight excluding hydrogens is 208 g/mol. The van der Waals surface area contributed by atoms with Crippen molar-refractivity contribution in [1.82, 2.24) is 0 Å². The maximum absolute atomic E-state index is 10.6. The van der Waals surface area contributed by atoms with Crippen LogP contribution in [0.15, 0.2) is 11.6 Å². The van der Waals surface area contributed by atoms with Gasteiger partial charge in [0.1, 0.15) is 0 Å². The zero-order chi connectivity index (χ0) is 12.7. The molecule has 0 spiro atoms. The van der Waals surface area contributed by atoms with Crippen LogP contribution in [0.25, 0.3) is 0 Å². The van der Waals surface area contributed by atoms with Crippen LogP contribution in [0.3, 0.4) is 0 Å². The van der Waals surface area contributed by atoms with Gasteiger partial charge in [-0.2, -0.15) is 0 Å². The third-order valence-corrected chi connectivity index (χ3v) is 2.77. The molecule has 0 aromatic carbocycles. The molecule has 4 heteroatoms. The Labute approximate surface area is 96.6 Å². The molecule has 16 heavy (non-hydrogen) atoms. The zero-order valence-corrected chi connectivity index (χ0v) is 10.2. The van der Waals surface area contributed by atoms with Crippen LogP contribution >= 0.6 is 0 Å². The normalized spacial score (nSPS) is 17.9. The van der Waals surface area contributed by atoms with Crippen LogP contribution < -0.4 is 0 Å². The summed E-state index contributed by atoms with van der Waals surface area (Å²) in [5, 5.41) is 27.2. The Kier molecular flexibility index (Phi) is 7.01. The highest BCUT2D eigenvalue weighted by molar-refractivity contribution is 5.85. The molecule has 0 saturated carbocycles. The lowest BCUT2D eigenvalue weighted by molar-refractivity contribution is -0.132. The minimum absolute atomic E-state index is 0.00306. The van der Waals surface area contributed by atoms with Crippen LogP contribution in [0.5, 0.6) is 0 Å². The van der Waals surface area contributed by atoms with Gasteiger partial charge >= 0.3 is 5.97 Å². The Bertz CT molecular complexity index is 247. The molecule has 4 nitrogen and oxygen atoms in total. The minimum atomic E-state index is -1.00. The van der Waals surface area contributed by atoms with E-state index in [2.05, 4.69) is 0 Å². The lowest BCUT2D eigenvalue weighted by atomic mass is 9.93. The second-order valence-corrected chi connectivity index (χ2v) is 4.49. The largest absolute Gasteiger partial charge is 0.478 e. The van der Waals surface area contributed by atoms with Crippen molar-refractivity contribution in [2.75, 3.05) is 6.61 Å². The minimum Gasteiger partial charge on any atom is -0.478 e. The molecule has 0 bridgehead atoms. The second-order valence-electron chi connectivity index (χ2n) is 4.49. The van der Waals surface area contributed by atoms with E-state index in [9.17, 15) is 9.90 Å². The molecule has 3 atom stereocenters. The van der Waals surface area contributed by atoms with Crippen molar-refractivity contribution in [1.29, 1.82) is 0 Å². The fourth-order valence-electron chi connectivity index (χ4n) is 1.30. The topological polar surface area (TPSA) is 77.8 Å². The standard InChI is InChI=1S/C12H22O4/c1-8(7-13)4-5-9(2)11(14)6-10(3)12(15)16/h6,8-9,11,13-14H,4-5,7H2,1-3H3,(H,15,16). The average Bonchev–Trinajstić information content (AvgIpc) is 2.24. The van der Waals surface area contributed by atoms with Crippen molar-refractivity contribution in [3.63, 3.8) is 0 Å². The summed E-state index contributed by atoms with van der Waals surface area (Å²) >= 11 is 0. The molecule has 0 heterocycles. The van der Waals surface area contributed by atoms with Gasteiger partial charge in [0.25, 0.3) is 0 Å². The number of carboxylic acid groups (broad SMARTS) is 1. The lowest BCUT2D eigenvalue weighted by Crippen LogP contribution is -2.17. The predicted molar refractivity (Wildman–Crippen MR) is 62.0 cm³/mol. The maximum atomic E-state index is 10.6. The number of carbonyl (C=O) groups is 1. The van der Waals surface area contributed by atoms with E-state index in [0.29, 0.717) is 0 Å². The maximum Gasteiger partial charge on any atom is 0.331 e. The molecule has 0 saturated heterocycles. The Balaban J connectivity index is 4.13. The van der Waals surface area contributed by atoms with Gasteiger partial charge < -0.3 is 15.3 Å². The summed E-state index contributed by atoms with van der Waals surface area (Å²) in [6.07, 6.45) is 2.24. The summed E-state index contributed by atoms with van der Waals surface area (Å²) in [5.74, 6) is -0.780. The molecule has 0 aromatic rings. The Morgan fingerprint density at radius 1 is 1.31 bits per heavy atom. The summed E-state index contributed by atoms with van der Waals surface area (Å²) < 4.78 is 0. The number of aliphatic carboxylic acids is 1. The molecule has 0 amide bonds. The van der Waals surface area contributed by atoms with Crippen LogP contribution in [-0.2, 0) is 4.79 Å². The highest BCUT2D eigenvalue weighted by Gasteiger charge is 2.14. The van der Waals surface area contributed by atoms with E-state index in [4.69, 9.17) is 10.2 Å². The molecule has 0 aliphatic carbocycles. The zero-order valence-electron chi connectivity index (χ0n) is 10.2. The van der Waals surface area contributed by atoms with E-state index >= 15 is 0 Å². The van der Waals surface area contributed by atoms with Crippen molar-refractivity contribution in [2.45, 2.75) is 39.7 Å². The number of rotatable bonds is 7. The first-order valence-corrected chi connectivity index (χ1v) is 5.59. The van der Waals surface area contributed by atoms with E-state index in [-0.39, 0.29) is 24.0 Å². The first kappa shape index (κ1) is 15.1. The SMILES string of the molecule is CC(=CC(O)C(C)CCC(C)CO)C(=O)O. The van der Waals surface area contributed by atoms with Gasteiger partial charge in [-0.1, -0.05) is 13.8 Å². The molecule has 94 valence electrons.